The van der Waals surface area contributed by atoms with Gasteiger partial charge < -0.3 is 48.0 Å². The monoisotopic (exact) mass is 1000 g/mol. The number of hydrogen-bond donors (Lipinski definition) is 4. The normalized spacial score (nSPS) is 17.6. The largest absolute Gasteiger partial charge is 0.756 e. The first-order valence-corrected chi connectivity index (χ1v) is 25.9. The van der Waals surface area contributed by atoms with E-state index in [-0.39, 0.29) is 75.7 Å². The Morgan fingerprint density at radius 3 is 2.30 bits per heavy atom. The number of phosphoric ester groups is 1. The number of carbonyl (C=O) groups is 4. The van der Waals surface area contributed by atoms with Crippen molar-refractivity contribution >= 4 is 56.8 Å². The summed E-state index contributed by atoms with van der Waals surface area (Å²) in [6, 6.07) is 7.50. The molecule has 5 unspecified atom stereocenters. The fourth-order valence-electron chi connectivity index (χ4n) is 7.65. The van der Waals surface area contributed by atoms with Gasteiger partial charge in [-0.25, -0.2) is 4.68 Å². The van der Waals surface area contributed by atoms with E-state index in [4.69, 9.17) is 28.0 Å². The molecule has 0 aliphatic carbocycles. The Kier molecular flexibility index (Phi) is 24.3. The Balaban J connectivity index is 1.65. The number of amides is 2. The molecule has 5 atom stereocenters. The Morgan fingerprint density at radius 1 is 0.940 bits per heavy atom. The van der Waals surface area contributed by atoms with Crippen molar-refractivity contribution < 1.29 is 61.1 Å². The highest BCUT2D eigenvalue weighted by molar-refractivity contribution is 7.81. The second kappa shape index (κ2) is 27.9. The van der Waals surface area contributed by atoms with E-state index in [2.05, 4.69) is 46.2 Å². The highest BCUT2D eigenvalue weighted by Crippen LogP contribution is 2.45. The minimum absolute atomic E-state index is 0.000834. The lowest BCUT2D eigenvalue weighted by atomic mass is 9.64. The first kappa shape index (κ1) is 58.2. The number of unbranched alkanes of at least 4 members (excludes halogenated alkanes) is 1. The quantitative estimate of drug-likeness (QED) is 0.0226. The first-order chi connectivity index (χ1) is 31.5. The van der Waals surface area contributed by atoms with Crippen molar-refractivity contribution in [1.82, 2.24) is 25.6 Å². The van der Waals surface area contributed by atoms with Gasteiger partial charge in [-0.05, 0) is 102 Å². The first-order valence-electron chi connectivity index (χ1n) is 23.3. The van der Waals surface area contributed by atoms with Crippen LogP contribution in [0.5, 0.6) is 0 Å². The minimum Gasteiger partial charge on any atom is -0.756 e. The standard InChI is InChI=1S/C46H77N6O12PS2/c1-9-45(4,41(54)48-30-35-17-19-37(20-18-35)51-31-36(49-50-51)32-62-40-16-12-13-24-59-40)34-46(5,43(56)60-25-22-47-39(53)15-11-10-14-38(67)21-29-66)33-44(2,3)42(55)61-27-28-64-65(57,58)63-26-23-52(6,7)8/h17-20,31,38,40H,9-16,21-30,32-34H2,1-8H3,(H4-,47,48,53,54,57,58,66,67). The van der Waals surface area contributed by atoms with E-state index in [0.29, 0.717) is 42.6 Å². The van der Waals surface area contributed by atoms with Crippen molar-refractivity contribution in [3.05, 3.63) is 41.7 Å². The van der Waals surface area contributed by atoms with Gasteiger partial charge in [0, 0.05) is 30.2 Å². The van der Waals surface area contributed by atoms with Crippen LogP contribution in [0.25, 0.3) is 5.69 Å². The van der Waals surface area contributed by atoms with Crippen LogP contribution in [0.1, 0.15) is 117 Å². The maximum atomic E-state index is 14.2. The Bertz CT molecular complexity index is 1890. The van der Waals surface area contributed by atoms with Crippen molar-refractivity contribution in [3.63, 3.8) is 0 Å². The van der Waals surface area contributed by atoms with Gasteiger partial charge in [-0.1, -0.05) is 37.6 Å². The van der Waals surface area contributed by atoms with Crippen LogP contribution in [0.2, 0.25) is 0 Å². The van der Waals surface area contributed by atoms with Crippen LogP contribution in [-0.2, 0) is 64.9 Å². The maximum Gasteiger partial charge on any atom is 0.311 e. The zero-order chi connectivity index (χ0) is 49.7. The molecule has 2 aromatic rings. The molecule has 1 aliphatic rings. The number of ether oxygens (including phenoxy) is 4. The number of quaternary nitrogens is 1. The molecule has 2 amide bonds. The minimum atomic E-state index is -4.64. The van der Waals surface area contributed by atoms with Gasteiger partial charge in [-0.15, -0.1) is 5.10 Å². The van der Waals surface area contributed by atoms with Gasteiger partial charge in [-0.3, -0.25) is 23.7 Å². The SMILES string of the molecule is CCC(C)(CC(C)(CC(C)(C)C(=O)OCCOP(=O)([O-])OCC[N+](C)(C)C)C(=O)OCCNC(=O)CCCCC(S)CCS)C(=O)NCc1ccc(-n2cc(COC3CCCCO3)nn2)cc1. The van der Waals surface area contributed by atoms with E-state index in [0.717, 1.165) is 55.5 Å². The summed E-state index contributed by atoms with van der Waals surface area (Å²) in [4.78, 5) is 66.6. The molecular weight excluding hydrogens is 924 g/mol. The van der Waals surface area contributed by atoms with Crippen LogP contribution in [-0.4, -0.2) is 128 Å². The number of likely N-dealkylation sites (N-methyl/N-ethyl adjacent to an activating group) is 1. The number of nitrogens with one attached hydrogen (secondary N) is 2. The van der Waals surface area contributed by atoms with E-state index in [1.165, 1.54) is 0 Å². The molecule has 0 bridgehead atoms. The van der Waals surface area contributed by atoms with Gasteiger partial charge in [0.1, 0.15) is 32.1 Å². The molecule has 3 rings (SSSR count). The zero-order valence-electron chi connectivity index (χ0n) is 40.9. The topological polar surface area (TPSA) is 219 Å². The van der Waals surface area contributed by atoms with E-state index in [1.807, 2.05) is 52.3 Å². The van der Waals surface area contributed by atoms with E-state index in [9.17, 15) is 28.6 Å². The molecule has 1 aromatic heterocycles. The summed E-state index contributed by atoms with van der Waals surface area (Å²) in [6.07, 6.45) is 8.45. The molecule has 1 aromatic carbocycles. The van der Waals surface area contributed by atoms with Crippen LogP contribution >= 0.6 is 33.1 Å². The third-order valence-corrected chi connectivity index (χ3v) is 13.4. The third-order valence-electron chi connectivity index (χ3n) is 11.6. The zero-order valence-corrected chi connectivity index (χ0v) is 43.6. The maximum absolute atomic E-state index is 14.2. The molecule has 67 heavy (non-hydrogen) atoms. The number of rotatable bonds is 32. The van der Waals surface area contributed by atoms with Gasteiger partial charge in [0.05, 0.1) is 63.6 Å². The molecule has 1 saturated heterocycles. The second-order valence-corrected chi connectivity index (χ2v) is 22.1. The molecule has 380 valence electrons. The van der Waals surface area contributed by atoms with Crippen LogP contribution in [0.3, 0.4) is 0 Å². The van der Waals surface area contributed by atoms with Crippen molar-refractivity contribution in [2.24, 2.45) is 16.2 Å². The summed E-state index contributed by atoms with van der Waals surface area (Å²) >= 11 is 8.78. The van der Waals surface area contributed by atoms with Gasteiger partial charge in [0.2, 0.25) is 11.8 Å². The van der Waals surface area contributed by atoms with Crippen LogP contribution in [0, 0.1) is 16.2 Å². The summed E-state index contributed by atoms with van der Waals surface area (Å²) in [5.74, 6) is -1.06. The van der Waals surface area contributed by atoms with E-state index < -0.39 is 42.6 Å². The highest BCUT2D eigenvalue weighted by Gasteiger charge is 2.49. The lowest BCUT2D eigenvalue weighted by Gasteiger charge is -2.40. The number of nitrogens with zero attached hydrogens (tertiary/aromatic N) is 4. The average Bonchev–Trinajstić information content (AvgIpc) is 3.75. The number of carbonyl (C=O) groups excluding carboxylic acids is 4. The number of hydrogen-bond acceptors (Lipinski definition) is 16. The second-order valence-electron chi connectivity index (χ2n) is 19.5. The Morgan fingerprint density at radius 2 is 1.64 bits per heavy atom. The van der Waals surface area contributed by atoms with Crippen LogP contribution < -0.4 is 15.5 Å². The fourth-order valence-corrected chi connectivity index (χ4v) is 9.16. The summed E-state index contributed by atoms with van der Waals surface area (Å²) in [7, 11) is 1.04. The molecule has 18 nitrogen and oxygen atoms in total. The number of aromatic nitrogens is 3. The molecular formula is C46H77N6O12PS2. The average molecular weight is 1000 g/mol. The Hall–Kier alpha value is -3.07. The predicted octanol–water partition coefficient (Wildman–Crippen LogP) is 5.74. The third kappa shape index (κ3) is 21.6. The van der Waals surface area contributed by atoms with Gasteiger partial charge in [0.25, 0.3) is 7.82 Å². The van der Waals surface area contributed by atoms with Gasteiger partial charge in [0.15, 0.2) is 6.29 Å². The number of benzene rings is 1. The summed E-state index contributed by atoms with van der Waals surface area (Å²) in [5, 5.41) is 14.5. The highest BCUT2D eigenvalue weighted by atomic mass is 32.1. The van der Waals surface area contributed by atoms with E-state index >= 15 is 0 Å². The number of esters is 2. The van der Waals surface area contributed by atoms with Crippen molar-refractivity contribution in [3.8, 4) is 5.69 Å². The van der Waals surface area contributed by atoms with Crippen molar-refractivity contribution in [2.45, 2.75) is 130 Å². The lowest BCUT2D eigenvalue weighted by molar-refractivity contribution is -0.870. The fraction of sp³-hybridized carbons (Fsp3) is 0.739. The van der Waals surface area contributed by atoms with Crippen LogP contribution in [0.4, 0.5) is 0 Å². The van der Waals surface area contributed by atoms with Gasteiger partial charge >= 0.3 is 11.9 Å². The van der Waals surface area contributed by atoms with E-state index in [1.54, 1.807) is 38.6 Å². The molecule has 2 heterocycles. The molecule has 21 heteroatoms. The summed E-state index contributed by atoms with van der Waals surface area (Å²) < 4.78 is 46.9. The molecule has 0 saturated carbocycles. The molecule has 0 spiro atoms. The molecule has 1 aliphatic heterocycles. The molecule has 2 N–H and O–H groups in total. The smallest absolute Gasteiger partial charge is 0.311 e. The number of thiol groups is 2. The van der Waals surface area contributed by atoms with Gasteiger partial charge in [-0.2, -0.15) is 25.3 Å². The Labute approximate surface area is 408 Å². The van der Waals surface area contributed by atoms with Crippen molar-refractivity contribution in [2.75, 3.05) is 73.0 Å². The van der Waals surface area contributed by atoms with Crippen molar-refractivity contribution in [1.29, 1.82) is 0 Å². The lowest BCUT2D eigenvalue weighted by Crippen LogP contribution is -2.47. The summed E-state index contributed by atoms with van der Waals surface area (Å²) in [5.41, 5.74) is -1.54. The van der Waals surface area contributed by atoms with Crippen LogP contribution in [0.15, 0.2) is 30.5 Å². The predicted molar refractivity (Wildman–Crippen MR) is 258 cm³/mol. The molecule has 1 fully saturated rings. The number of phosphoric acid groups is 1. The molecule has 0 radical (unpaired) electrons. The summed E-state index contributed by atoms with van der Waals surface area (Å²) in [6.45, 7) is 9.13.